The first-order valence-electron chi connectivity index (χ1n) is 5.51. The quantitative estimate of drug-likeness (QED) is 0.630. The van der Waals surface area contributed by atoms with Crippen LogP contribution in [-0.4, -0.2) is 31.4 Å². The smallest absolute Gasteiger partial charge is 0.448 e. The van der Waals surface area contributed by atoms with Gasteiger partial charge in [0, 0.05) is 0 Å². The van der Waals surface area contributed by atoms with Crippen molar-refractivity contribution in [1.29, 1.82) is 0 Å². The molecule has 1 fully saturated rings. The summed E-state index contributed by atoms with van der Waals surface area (Å²) in [6.45, 7) is -3.38. The van der Waals surface area contributed by atoms with Crippen LogP contribution in [0.5, 0.6) is 0 Å². The predicted molar refractivity (Wildman–Crippen MR) is 53.2 cm³/mol. The molecule has 1 rings (SSSR count). The third kappa shape index (κ3) is 5.53. The van der Waals surface area contributed by atoms with E-state index in [0.717, 1.165) is 25.7 Å². The SMILES string of the molecule is F[B-](F)(F)CN1CCCCCCCC1. The van der Waals surface area contributed by atoms with E-state index in [9.17, 15) is 12.9 Å². The second kappa shape index (κ2) is 5.64. The van der Waals surface area contributed by atoms with E-state index in [4.69, 9.17) is 0 Å². The summed E-state index contributed by atoms with van der Waals surface area (Å²) in [5.74, 6) is 0. The van der Waals surface area contributed by atoms with Crippen molar-refractivity contribution in [3.05, 3.63) is 0 Å². The van der Waals surface area contributed by atoms with Crippen LogP contribution in [0.1, 0.15) is 38.5 Å². The largest absolute Gasteiger partial charge is 0.492 e. The molecule has 0 atom stereocenters. The number of hydrogen-bond donors (Lipinski definition) is 0. The summed E-state index contributed by atoms with van der Waals surface area (Å²) in [5.41, 5.74) is 0. The van der Waals surface area contributed by atoms with Crippen molar-refractivity contribution < 1.29 is 12.9 Å². The highest BCUT2D eigenvalue weighted by Crippen LogP contribution is 2.15. The highest BCUT2D eigenvalue weighted by molar-refractivity contribution is 6.58. The summed E-state index contributed by atoms with van der Waals surface area (Å²) in [6.07, 6.45) is 5.72. The minimum atomic E-state index is -4.64. The first-order valence-corrected chi connectivity index (χ1v) is 5.51. The maximum absolute atomic E-state index is 12.2. The number of nitrogens with zero attached hydrogens (tertiary/aromatic N) is 1. The molecule has 0 N–H and O–H groups in total. The van der Waals surface area contributed by atoms with E-state index < -0.39 is 13.4 Å². The molecule has 1 aliphatic heterocycles. The van der Waals surface area contributed by atoms with Crippen molar-refractivity contribution >= 4 is 6.98 Å². The van der Waals surface area contributed by atoms with Gasteiger partial charge >= 0.3 is 6.98 Å². The molecule has 14 heavy (non-hydrogen) atoms. The molecule has 0 aromatic heterocycles. The fourth-order valence-electron chi connectivity index (χ4n) is 1.97. The Labute approximate surface area is 83.7 Å². The van der Waals surface area contributed by atoms with Crippen LogP contribution in [0.25, 0.3) is 0 Å². The Balaban J connectivity index is 2.32. The maximum atomic E-state index is 12.2. The summed E-state index contributed by atoms with van der Waals surface area (Å²) in [7, 11) is 0. The van der Waals surface area contributed by atoms with Crippen molar-refractivity contribution in [2.24, 2.45) is 0 Å². The van der Waals surface area contributed by atoms with E-state index in [2.05, 4.69) is 0 Å². The Kier molecular flexibility index (Phi) is 4.79. The van der Waals surface area contributed by atoms with Gasteiger partial charge in [-0.1, -0.05) is 25.7 Å². The van der Waals surface area contributed by atoms with Crippen LogP contribution >= 0.6 is 0 Å². The Morgan fingerprint density at radius 3 is 1.64 bits per heavy atom. The number of rotatable bonds is 2. The Morgan fingerprint density at radius 2 is 1.21 bits per heavy atom. The second-order valence-corrected chi connectivity index (χ2v) is 4.13. The van der Waals surface area contributed by atoms with Gasteiger partial charge in [0.2, 0.25) is 0 Å². The van der Waals surface area contributed by atoms with Crippen LogP contribution in [0.15, 0.2) is 0 Å². The molecule has 1 saturated heterocycles. The van der Waals surface area contributed by atoms with Crippen molar-refractivity contribution in [3.8, 4) is 0 Å². The lowest BCUT2D eigenvalue weighted by Crippen LogP contribution is -2.39. The summed E-state index contributed by atoms with van der Waals surface area (Å²) in [5, 5.41) is 0. The third-order valence-corrected chi connectivity index (χ3v) is 2.66. The van der Waals surface area contributed by atoms with E-state index >= 15 is 0 Å². The molecule has 0 aromatic rings. The van der Waals surface area contributed by atoms with E-state index in [1.165, 1.54) is 12.8 Å². The van der Waals surface area contributed by atoms with Gasteiger partial charge in [-0.15, -0.1) is 0 Å². The van der Waals surface area contributed by atoms with Crippen molar-refractivity contribution in [2.45, 2.75) is 38.5 Å². The second-order valence-electron chi connectivity index (χ2n) is 4.13. The van der Waals surface area contributed by atoms with Crippen molar-refractivity contribution in [3.63, 3.8) is 0 Å². The number of halogens is 3. The summed E-state index contributed by atoms with van der Waals surface area (Å²) in [4.78, 5) is 1.57. The van der Waals surface area contributed by atoms with Gasteiger partial charge in [-0.25, -0.2) is 0 Å². The molecule has 0 amide bonds. The van der Waals surface area contributed by atoms with Gasteiger partial charge < -0.3 is 17.8 Å². The zero-order valence-electron chi connectivity index (χ0n) is 8.52. The van der Waals surface area contributed by atoms with Gasteiger partial charge in [-0.05, 0) is 32.4 Å². The molecule has 0 spiro atoms. The molecule has 0 bridgehead atoms. The van der Waals surface area contributed by atoms with E-state index in [1.807, 2.05) is 0 Å². The van der Waals surface area contributed by atoms with Crippen LogP contribution in [0.4, 0.5) is 12.9 Å². The molecular formula is C9H18BF3N-. The average molecular weight is 208 g/mol. The van der Waals surface area contributed by atoms with Gasteiger partial charge in [0.25, 0.3) is 0 Å². The molecule has 0 radical (unpaired) electrons. The first kappa shape index (κ1) is 11.9. The molecule has 1 heterocycles. The van der Waals surface area contributed by atoms with Crippen LogP contribution in [0.2, 0.25) is 0 Å². The van der Waals surface area contributed by atoms with E-state index in [0.29, 0.717) is 13.1 Å². The molecule has 5 heteroatoms. The maximum Gasteiger partial charge on any atom is 0.492 e. The van der Waals surface area contributed by atoms with Crippen LogP contribution in [-0.2, 0) is 0 Å². The highest BCUT2D eigenvalue weighted by atomic mass is 19.4. The normalized spacial score (nSPS) is 22.5. The molecule has 0 aromatic carbocycles. The average Bonchev–Trinajstić information content (AvgIpc) is 2.15. The fraction of sp³-hybridized carbons (Fsp3) is 1.00. The van der Waals surface area contributed by atoms with Gasteiger partial charge in [0.1, 0.15) is 0 Å². The molecule has 0 saturated carbocycles. The summed E-state index contributed by atoms with van der Waals surface area (Å²) >= 11 is 0. The highest BCUT2D eigenvalue weighted by Gasteiger charge is 2.26. The molecule has 0 unspecified atom stereocenters. The zero-order chi connectivity index (χ0) is 10.4. The minimum Gasteiger partial charge on any atom is -0.448 e. The third-order valence-electron chi connectivity index (χ3n) is 2.66. The molecule has 84 valence electrons. The lowest BCUT2D eigenvalue weighted by Gasteiger charge is -2.27. The zero-order valence-corrected chi connectivity index (χ0v) is 8.52. The van der Waals surface area contributed by atoms with Crippen LogP contribution < -0.4 is 0 Å². The fourth-order valence-corrected chi connectivity index (χ4v) is 1.97. The van der Waals surface area contributed by atoms with Crippen molar-refractivity contribution in [2.75, 3.05) is 19.5 Å². The topological polar surface area (TPSA) is 3.24 Å². The molecular weight excluding hydrogens is 190 g/mol. The molecule has 0 aliphatic carbocycles. The Hall–Kier alpha value is -0.185. The Morgan fingerprint density at radius 1 is 0.786 bits per heavy atom. The van der Waals surface area contributed by atoms with Crippen molar-refractivity contribution in [1.82, 2.24) is 4.90 Å². The van der Waals surface area contributed by atoms with Gasteiger partial charge in [0.05, 0.1) is 0 Å². The monoisotopic (exact) mass is 208 g/mol. The lowest BCUT2D eigenvalue weighted by atomic mass is 9.91. The first-order chi connectivity index (χ1) is 6.58. The van der Waals surface area contributed by atoms with Crippen LogP contribution in [0, 0.1) is 0 Å². The summed E-state index contributed by atoms with van der Waals surface area (Å²) in [6, 6.07) is 0. The Bertz CT molecular complexity index is 151. The standard InChI is InChI=1S/C9H18BF3N/c11-10(12,13)9-14-7-5-3-1-2-4-6-8-14/h1-9H2/q-1. The predicted octanol–water partition coefficient (Wildman–Crippen LogP) is 3.03. The number of hydrogen-bond acceptors (Lipinski definition) is 1. The minimum absolute atomic E-state index is 0.626. The van der Waals surface area contributed by atoms with Gasteiger partial charge in [-0.3, -0.25) is 0 Å². The van der Waals surface area contributed by atoms with Gasteiger partial charge in [-0.2, -0.15) is 0 Å². The lowest BCUT2D eigenvalue weighted by molar-refractivity contribution is 0.273. The molecule has 1 aliphatic rings. The van der Waals surface area contributed by atoms with Crippen LogP contribution in [0.3, 0.4) is 0 Å². The van der Waals surface area contributed by atoms with E-state index in [-0.39, 0.29) is 0 Å². The van der Waals surface area contributed by atoms with Gasteiger partial charge in [0.15, 0.2) is 0 Å². The molecule has 1 nitrogen and oxygen atoms in total. The summed E-state index contributed by atoms with van der Waals surface area (Å²) < 4.78 is 36.6. The van der Waals surface area contributed by atoms with E-state index in [1.54, 1.807) is 4.90 Å².